The first-order chi connectivity index (χ1) is 4.88. The zero-order valence-electron chi connectivity index (χ0n) is 5.02. The average molecular weight is 152 g/mol. The molecule has 2 rings (SSSR count). The number of nitrogens with zero attached hydrogens (tertiary/aromatic N) is 2. The standard InChI is InChI=1S/C6H4N2OS/c9-10-4-2-5-6(10)1-3-7-8-5/h1-4H. The van der Waals surface area contributed by atoms with Crippen LogP contribution in [0, 0.1) is 0 Å². The molecule has 0 N–H and O–H groups in total. The summed E-state index contributed by atoms with van der Waals surface area (Å²) in [6.07, 6.45) is 1.55. The molecule has 0 aromatic carbocycles. The lowest BCUT2D eigenvalue weighted by Gasteiger charge is -1.85. The second kappa shape index (κ2) is 2.00. The van der Waals surface area contributed by atoms with E-state index >= 15 is 0 Å². The number of rotatable bonds is 0. The minimum Gasteiger partial charge on any atom is -0.590 e. The van der Waals surface area contributed by atoms with Crippen molar-refractivity contribution in [2.75, 3.05) is 0 Å². The summed E-state index contributed by atoms with van der Waals surface area (Å²) in [5, 5.41) is 9.05. The SMILES string of the molecule is [O-][s+]1ccc2nnccc21. The van der Waals surface area contributed by atoms with Crippen LogP contribution >= 0.6 is 10.8 Å². The van der Waals surface area contributed by atoms with Crippen LogP contribution in [0.2, 0.25) is 0 Å². The molecule has 0 spiro atoms. The van der Waals surface area contributed by atoms with Crippen molar-refractivity contribution in [2.45, 2.75) is 0 Å². The van der Waals surface area contributed by atoms with E-state index in [-0.39, 0.29) is 0 Å². The normalized spacial score (nSPS) is 12.3. The zero-order valence-corrected chi connectivity index (χ0v) is 5.84. The van der Waals surface area contributed by atoms with E-state index in [1.54, 1.807) is 23.7 Å². The molecule has 1 unspecified atom stereocenters. The predicted molar refractivity (Wildman–Crippen MR) is 38.2 cm³/mol. The van der Waals surface area contributed by atoms with E-state index in [1.165, 1.54) is 0 Å². The van der Waals surface area contributed by atoms with Crippen LogP contribution in [-0.2, 0) is 0 Å². The Hall–Kier alpha value is -1.00. The van der Waals surface area contributed by atoms with E-state index < -0.39 is 10.8 Å². The van der Waals surface area contributed by atoms with Gasteiger partial charge in [-0.2, -0.15) is 5.10 Å². The quantitative estimate of drug-likeness (QED) is 0.535. The molecule has 0 aliphatic carbocycles. The van der Waals surface area contributed by atoms with Gasteiger partial charge in [0.2, 0.25) is 4.70 Å². The highest BCUT2D eigenvalue weighted by atomic mass is 32.2. The summed E-state index contributed by atoms with van der Waals surface area (Å²) in [6.45, 7) is 0. The highest BCUT2D eigenvalue weighted by Crippen LogP contribution is 2.24. The van der Waals surface area contributed by atoms with Gasteiger partial charge in [0.25, 0.3) is 0 Å². The monoisotopic (exact) mass is 152 g/mol. The van der Waals surface area contributed by atoms with Crippen molar-refractivity contribution in [1.29, 1.82) is 0 Å². The van der Waals surface area contributed by atoms with E-state index in [4.69, 9.17) is 0 Å². The minimum absolute atomic E-state index is 0.723. The highest BCUT2D eigenvalue weighted by Gasteiger charge is 2.03. The molecule has 0 bridgehead atoms. The van der Waals surface area contributed by atoms with Gasteiger partial charge in [0.1, 0.15) is 5.38 Å². The third-order valence-corrected chi connectivity index (χ3v) is 2.44. The smallest absolute Gasteiger partial charge is 0.201 e. The number of hydrogen-bond donors (Lipinski definition) is 0. The molecule has 0 amide bonds. The number of thiophene rings is 1. The second-order valence-electron chi connectivity index (χ2n) is 1.88. The van der Waals surface area contributed by atoms with Crippen LogP contribution in [0.4, 0.5) is 0 Å². The molecular formula is C6H4N2OS. The molecule has 2 aromatic rings. The third kappa shape index (κ3) is 0.698. The molecule has 0 fully saturated rings. The molecule has 4 heteroatoms. The largest absolute Gasteiger partial charge is 0.590 e. The van der Waals surface area contributed by atoms with Crippen molar-refractivity contribution in [3.63, 3.8) is 0 Å². The molecule has 3 nitrogen and oxygen atoms in total. The third-order valence-electron chi connectivity index (χ3n) is 1.28. The van der Waals surface area contributed by atoms with Crippen LogP contribution in [0.5, 0.6) is 0 Å². The molecule has 2 heterocycles. The Labute approximate surface area is 60.1 Å². The minimum atomic E-state index is -0.981. The lowest BCUT2D eigenvalue weighted by Crippen LogP contribution is -1.75. The first kappa shape index (κ1) is 5.76. The Morgan fingerprint density at radius 2 is 2.30 bits per heavy atom. The molecule has 1 atom stereocenters. The lowest BCUT2D eigenvalue weighted by atomic mass is 10.5. The average Bonchev–Trinajstić information content (AvgIpc) is 2.34. The first-order valence-electron chi connectivity index (χ1n) is 2.78. The Balaban J connectivity index is 2.93. The summed E-state index contributed by atoms with van der Waals surface area (Å²) in [5.74, 6) is 0. The Bertz CT molecular complexity index is 357. The molecule has 0 aliphatic rings. The summed E-state index contributed by atoms with van der Waals surface area (Å²) in [6, 6.07) is 3.44. The fourth-order valence-corrected chi connectivity index (χ4v) is 1.73. The van der Waals surface area contributed by atoms with Gasteiger partial charge in [-0.25, -0.2) is 0 Å². The fraction of sp³-hybridized carbons (Fsp3) is 0. The van der Waals surface area contributed by atoms with Crippen molar-refractivity contribution in [3.8, 4) is 0 Å². The molecule has 0 saturated carbocycles. The molecule has 50 valence electrons. The van der Waals surface area contributed by atoms with Gasteiger partial charge in [-0.05, 0) is 10.8 Å². The van der Waals surface area contributed by atoms with Gasteiger partial charge in [-0.15, -0.1) is 5.10 Å². The molecule has 0 radical (unpaired) electrons. The summed E-state index contributed by atoms with van der Waals surface area (Å²) in [4.78, 5) is 0. The maximum atomic E-state index is 11.0. The topological polar surface area (TPSA) is 48.8 Å². The molecule has 0 saturated heterocycles. The number of hydrogen-bond acceptors (Lipinski definition) is 3. The Morgan fingerprint density at radius 1 is 1.40 bits per heavy atom. The van der Waals surface area contributed by atoms with Gasteiger partial charge < -0.3 is 4.55 Å². The van der Waals surface area contributed by atoms with Crippen molar-refractivity contribution in [1.82, 2.24) is 10.2 Å². The van der Waals surface area contributed by atoms with E-state index in [2.05, 4.69) is 10.2 Å². The van der Waals surface area contributed by atoms with Crippen molar-refractivity contribution >= 4 is 21.0 Å². The van der Waals surface area contributed by atoms with Crippen LogP contribution in [0.15, 0.2) is 23.7 Å². The first-order valence-corrected chi connectivity index (χ1v) is 4.00. The highest BCUT2D eigenvalue weighted by molar-refractivity contribution is 7.29. The van der Waals surface area contributed by atoms with Gasteiger partial charge in [0, 0.05) is 12.1 Å². The van der Waals surface area contributed by atoms with Gasteiger partial charge in [-0.3, -0.25) is 0 Å². The summed E-state index contributed by atoms with van der Waals surface area (Å²) < 4.78 is 11.8. The van der Waals surface area contributed by atoms with E-state index in [0.717, 1.165) is 10.2 Å². The number of aromatic nitrogens is 2. The van der Waals surface area contributed by atoms with Crippen LogP contribution in [-0.4, -0.2) is 14.8 Å². The Kier molecular flexibility index (Phi) is 1.15. The summed E-state index contributed by atoms with van der Waals surface area (Å²) in [7, 11) is -0.981. The second-order valence-corrected chi connectivity index (χ2v) is 3.19. The summed E-state index contributed by atoms with van der Waals surface area (Å²) >= 11 is 0. The predicted octanol–water partition coefficient (Wildman–Crippen LogP) is 1.36. The van der Waals surface area contributed by atoms with E-state index in [1.807, 2.05) is 0 Å². The van der Waals surface area contributed by atoms with Crippen LogP contribution < -0.4 is 0 Å². The van der Waals surface area contributed by atoms with Gasteiger partial charge in [0.15, 0.2) is 5.52 Å². The van der Waals surface area contributed by atoms with Crippen LogP contribution in [0.3, 0.4) is 0 Å². The van der Waals surface area contributed by atoms with Gasteiger partial charge >= 0.3 is 0 Å². The van der Waals surface area contributed by atoms with Crippen molar-refractivity contribution in [2.24, 2.45) is 0 Å². The van der Waals surface area contributed by atoms with Gasteiger partial charge in [0.05, 0.1) is 6.20 Å². The molecular weight excluding hydrogens is 148 g/mol. The maximum Gasteiger partial charge on any atom is 0.201 e. The van der Waals surface area contributed by atoms with Crippen LogP contribution in [0.25, 0.3) is 10.2 Å². The molecule has 2 aromatic heterocycles. The maximum absolute atomic E-state index is 11.0. The van der Waals surface area contributed by atoms with Gasteiger partial charge in [-0.1, -0.05) is 0 Å². The summed E-state index contributed by atoms with van der Waals surface area (Å²) in [5.41, 5.74) is 0.723. The van der Waals surface area contributed by atoms with Crippen molar-refractivity contribution < 1.29 is 4.55 Å². The van der Waals surface area contributed by atoms with Crippen molar-refractivity contribution in [3.05, 3.63) is 23.7 Å². The molecule has 10 heavy (non-hydrogen) atoms. The van der Waals surface area contributed by atoms with E-state index in [9.17, 15) is 4.55 Å². The lowest BCUT2D eigenvalue weighted by molar-refractivity contribution is 0.600. The zero-order chi connectivity index (χ0) is 6.97. The number of fused-ring (bicyclic) bond motifs is 1. The Morgan fingerprint density at radius 3 is 3.10 bits per heavy atom. The van der Waals surface area contributed by atoms with E-state index in [0.29, 0.717) is 0 Å². The molecule has 0 aliphatic heterocycles. The fourth-order valence-electron chi connectivity index (χ4n) is 0.816. The van der Waals surface area contributed by atoms with Crippen LogP contribution in [0.1, 0.15) is 0 Å².